The fraction of sp³-hybridized carbons (Fsp3) is 0.318. The van der Waals surface area contributed by atoms with Gasteiger partial charge in [0.1, 0.15) is 5.82 Å². The Hall–Kier alpha value is -1.67. The van der Waals surface area contributed by atoms with Gasteiger partial charge in [-0.2, -0.15) is 0 Å². The number of hydrogen-bond donors (Lipinski definition) is 1. The second kappa shape index (κ2) is 11.3. The van der Waals surface area contributed by atoms with Gasteiger partial charge in [0, 0.05) is 28.0 Å². The normalized spacial score (nSPS) is 11.0. The van der Waals surface area contributed by atoms with E-state index in [-0.39, 0.29) is 11.7 Å². The van der Waals surface area contributed by atoms with Crippen LogP contribution >= 0.6 is 46.7 Å². The smallest absolute Gasteiger partial charge is 0.234 e. The molecule has 0 spiro atoms. The van der Waals surface area contributed by atoms with Crippen LogP contribution in [0.25, 0.3) is 0 Å². The van der Waals surface area contributed by atoms with E-state index in [4.69, 9.17) is 23.2 Å². The number of carbonyl (C=O) groups is 1. The second-order valence-electron chi connectivity index (χ2n) is 6.98. The lowest BCUT2D eigenvalue weighted by Gasteiger charge is -2.11. The van der Waals surface area contributed by atoms with Crippen LogP contribution < -0.4 is 5.32 Å². The Morgan fingerprint density at radius 3 is 2.52 bits per heavy atom. The Balaban J connectivity index is 1.56. The molecule has 1 N–H and O–H groups in total. The zero-order valence-electron chi connectivity index (χ0n) is 17.6. The summed E-state index contributed by atoms with van der Waals surface area (Å²) in [7, 11) is 0. The Kier molecular flexibility index (Phi) is 8.72. The number of anilines is 1. The van der Waals surface area contributed by atoms with Gasteiger partial charge >= 0.3 is 0 Å². The van der Waals surface area contributed by atoms with E-state index in [2.05, 4.69) is 22.4 Å². The number of rotatable bonds is 9. The van der Waals surface area contributed by atoms with Crippen LogP contribution in [0.15, 0.2) is 41.6 Å². The molecule has 0 saturated carbocycles. The largest absolute Gasteiger partial charge is 0.325 e. The fourth-order valence-electron chi connectivity index (χ4n) is 3.06. The maximum atomic E-state index is 12.5. The molecule has 0 aliphatic heterocycles. The standard InChI is InChI=1S/C22H24Cl2N4OS2/c1-4-28-19(12-30-11-16-8-9-17(23)10-18(16)24)26-27-22(28)31-13-20(29)25-21-14(2)6-5-7-15(21)3/h5-10H,4,11-13H2,1-3H3,(H,25,29). The third kappa shape index (κ3) is 6.42. The first kappa shape index (κ1) is 24.0. The highest BCUT2D eigenvalue weighted by molar-refractivity contribution is 7.99. The molecule has 0 bridgehead atoms. The molecule has 0 aliphatic carbocycles. The van der Waals surface area contributed by atoms with Gasteiger partial charge in [0.15, 0.2) is 5.16 Å². The number of amides is 1. The molecule has 0 radical (unpaired) electrons. The summed E-state index contributed by atoms with van der Waals surface area (Å²) in [6.07, 6.45) is 0. The number of aryl methyl sites for hydroxylation is 2. The molecule has 31 heavy (non-hydrogen) atoms. The molecule has 1 aromatic heterocycles. The highest BCUT2D eigenvalue weighted by Crippen LogP contribution is 2.27. The molecular formula is C22H24Cl2N4OS2. The van der Waals surface area contributed by atoms with Gasteiger partial charge < -0.3 is 9.88 Å². The van der Waals surface area contributed by atoms with Gasteiger partial charge in [0.2, 0.25) is 5.91 Å². The molecule has 0 saturated heterocycles. The predicted octanol–water partition coefficient (Wildman–Crippen LogP) is 6.39. The summed E-state index contributed by atoms with van der Waals surface area (Å²) in [6.45, 7) is 6.77. The monoisotopic (exact) mass is 494 g/mol. The van der Waals surface area contributed by atoms with Crippen molar-refractivity contribution in [2.24, 2.45) is 0 Å². The lowest BCUT2D eigenvalue weighted by Crippen LogP contribution is -2.16. The average molecular weight is 496 g/mol. The van der Waals surface area contributed by atoms with E-state index < -0.39 is 0 Å². The van der Waals surface area contributed by atoms with Crippen molar-refractivity contribution in [3.8, 4) is 0 Å². The Labute approximate surface area is 201 Å². The molecular weight excluding hydrogens is 471 g/mol. The van der Waals surface area contributed by atoms with Crippen molar-refractivity contribution < 1.29 is 4.79 Å². The average Bonchev–Trinajstić information content (AvgIpc) is 3.12. The number of nitrogens with zero attached hydrogens (tertiary/aromatic N) is 3. The number of hydrogen-bond acceptors (Lipinski definition) is 5. The van der Waals surface area contributed by atoms with Gasteiger partial charge in [-0.1, -0.05) is 59.2 Å². The van der Waals surface area contributed by atoms with Gasteiger partial charge in [0.05, 0.1) is 11.5 Å². The molecule has 3 rings (SSSR count). The van der Waals surface area contributed by atoms with E-state index in [1.807, 2.05) is 48.7 Å². The first-order valence-corrected chi connectivity index (χ1v) is 12.7. The van der Waals surface area contributed by atoms with E-state index in [0.29, 0.717) is 15.8 Å². The summed E-state index contributed by atoms with van der Waals surface area (Å²) in [4.78, 5) is 12.5. The molecule has 1 amide bonds. The van der Waals surface area contributed by atoms with E-state index in [9.17, 15) is 4.79 Å². The van der Waals surface area contributed by atoms with Crippen LogP contribution in [0.4, 0.5) is 5.69 Å². The van der Waals surface area contributed by atoms with Crippen molar-refractivity contribution in [1.82, 2.24) is 14.8 Å². The highest BCUT2D eigenvalue weighted by Gasteiger charge is 2.14. The van der Waals surface area contributed by atoms with E-state index in [1.165, 1.54) is 11.8 Å². The van der Waals surface area contributed by atoms with Gasteiger partial charge in [-0.3, -0.25) is 4.79 Å². The molecule has 164 valence electrons. The van der Waals surface area contributed by atoms with Crippen LogP contribution in [0.3, 0.4) is 0 Å². The lowest BCUT2D eigenvalue weighted by molar-refractivity contribution is -0.113. The maximum Gasteiger partial charge on any atom is 0.234 e. The first-order chi connectivity index (χ1) is 14.9. The number of thioether (sulfide) groups is 2. The molecule has 2 aromatic carbocycles. The fourth-order valence-corrected chi connectivity index (χ4v) is 5.40. The zero-order chi connectivity index (χ0) is 22.4. The van der Waals surface area contributed by atoms with Crippen LogP contribution in [0.2, 0.25) is 10.0 Å². The van der Waals surface area contributed by atoms with Crippen molar-refractivity contribution in [2.45, 2.75) is 44.0 Å². The highest BCUT2D eigenvalue weighted by atomic mass is 35.5. The quantitative estimate of drug-likeness (QED) is 0.349. The Morgan fingerprint density at radius 1 is 1.10 bits per heavy atom. The van der Waals surface area contributed by atoms with Gasteiger partial charge in [-0.05, 0) is 49.6 Å². The summed E-state index contributed by atoms with van der Waals surface area (Å²) in [5, 5.41) is 13.7. The van der Waals surface area contributed by atoms with Gasteiger partial charge in [0.25, 0.3) is 0 Å². The number of benzene rings is 2. The summed E-state index contributed by atoms with van der Waals surface area (Å²) >= 11 is 15.3. The van der Waals surface area contributed by atoms with E-state index >= 15 is 0 Å². The van der Waals surface area contributed by atoms with Crippen molar-refractivity contribution in [2.75, 3.05) is 11.1 Å². The van der Waals surface area contributed by atoms with E-state index in [1.54, 1.807) is 17.8 Å². The summed E-state index contributed by atoms with van der Waals surface area (Å²) in [5.41, 5.74) is 4.02. The molecule has 0 aliphatic rings. The zero-order valence-corrected chi connectivity index (χ0v) is 20.8. The summed E-state index contributed by atoms with van der Waals surface area (Å²) < 4.78 is 2.05. The van der Waals surface area contributed by atoms with Crippen LogP contribution in [0.5, 0.6) is 0 Å². The Bertz CT molecular complexity index is 1050. The first-order valence-electron chi connectivity index (χ1n) is 9.81. The molecule has 0 unspecified atom stereocenters. The van der Waals surface area contributed by atoms with Crippen LogP contribution in [0, 0.1) is 13.8 Å². The van der Waals surface area contributed by atoms with Crippen molar-refractivity contribution in [3.63, 3.8) is 0 Å². The third-order valence-electron chi connectivity index (χ3n) is 4.69. The van der Waals surface area contributed by atoms with E-state index in [0.717, 1.165) is 45.7 Å². The molecule has 5 nitrogen and oxygen atoms in total. The Morgan fingerprint density at radius 2 is 1.84 bits per heavy atom. The summed E-state index contributed by atoms with van der Waals surface area (Å²) in [6, 6.07) is 11.5. The minimum absolute atomic E-state index is 0.0543. The van der Waals surface area contributed by atoms with Crippen LogP contribution in [-0.4, -0.2) is 26.4 Å². The lowest BCUT2D eigenvalue weighted by atomic mass is 10.1. The minimum Gasteiger partial charge on any atom is -0.325 e. The predicted molar refractivity (Wildman–Crippen MR) is 132 cm³/mol. The van der Waals surface area contributed by atoms with Crippen LogP contribution in [0.1, 0.15) is 29.4 Å². The number of aromatic nitrogens is 3. The SMILES string of the molecule is CCn1c(CSCc2ccc(Cl)cc2Cl)nnc1SCC(=O)Nc1c(C)cccc1C. The number of nitrogens with one attached hydrogen (secondary N) is 1. The van der Waals surface area contributed by atoms with Crippen molar-refractivity contribution in [1.29, 1.82) is 0 Å². The molecule has 0 atom stereocenters. The second-order valence-corrected chi connectivity index (χ2v) is 9.75. The number of carbonyl (C=O) groups excluding carboxylic acids is 1. The van der Waals surface area contributed by atoms with Crippen molar-refractivity contribution in [3.05, 3.63) is 69.0 Å². The number of para-hydroxylation sites is 1. The van der Waals surface area contributed by atoms with Crippen molar-refractivity contribution >= 4 is 58.3 Å². The number of halogens is 2. The summed E-state index contributed by atoms with van der Waals surface area (Å²) in [5.74, 6) is 2.57. The molecule has 3 aromatic rings. The molecule has 0 fully saturated rings. The van der Waals surface area contributed by atoms with Crippen LogP contribution in [-0.2, 0) is 22.8 Å². The van der Waals surface area contributed by atoms with Gasteiger partial charge in [-0.25, -0.2) is 0 Å². The minimum atomic E-state index is -0.0543. The third-order valence-corrected chi connectivity index (χ3v) is 7.22. The maximum absolute atomic E-state index is 12.5. The van der Waals surface area contributed by atoms with Gasteiger partial charge in [-0.15, -0.1) is 22.0 Å². The molecule has 9 heteroatoms. The molecule has 1 heterocycles. The topological polar surface area (TPSA) is 59.8 Å².